The first kappa shape index (κ1) is 26.2. The second kappa shape index (κ2) is 9.43. The molecule has 0 aliphatic rings. The normalized spacial score (nSPS) is 12.6. The Labute approximate surface area is 198 Å². The van der Waals surface area contributed by atoms with Crippen LogP contribution in [0.5, 0.6) is 0 Å². The molecule has 0 bridgehead atoms. The number of hydrogen-bond acceptors (Lipinski definition) is 0. The van der Waals surface area contributed by atoms with Crippen molar-refractivity contribution in [3.8, 4) is 0 Å². The molecule has 0 amide bonds. The fourth-order valence-electron chi connectivity index (χ4n) is 3.68. The zero-order valence-electron chi connectivity index (χ0n) is 21.2. The molecule has 0 fully saturated rings. The van der Waals surface area contributed by atoms with Crippen LogP contribution in [-0.2, 0) is 27.1 Å². The number of rotatable bonds is 3. The van der Waals surface area contributed by atoms with Crippen molar-refractivity contribution in [1.82, 2.24) is 0 Å². The second-order valence-electron chi connectivity index (χ2n) is 11.6. The van der Waals surface area contributed by atoms with Crippen LogP contribution in [0, 0.1) is 0 Å². The summed E-state index contributed by atoms with van der Waals surface area (Å²) in [7, 11) is -0.120. The van der Waals surface area contributed by atoms with Gasteiger partial charge in [-0.05, 0) is 69.3 Å². The Morgan fingerprint density at radius 1 is 0.375 bits per heavy atom. The van der Waals surface area contributed by atoms with Gasteiger partial charge in [0.2, 0.25) is 0 Å². The van der Waals surface area contributed by atoms with Crippen LogP contribution in [0.4, 0.5) is 0 Å². The number of halogens is 1. The molecule has 3 aromatic rings. The molecule has 2 heteroatoms. The highest BCUT2D eigenvalue weighted by Crippen LogP contribution is 2.35. The number of benzene rings is 3. The van der Waals surface area contributed by atoms with Crippen LogP contribution < -0.4 is 4.70 Å². The highest BCUT2D eigenvalue weighted by Gasteiger charge is 2.30. The van der Waals surface area contributed by atoms with Gasteiger partial charge in [-0.1, -0.05) is 98.7 Å². The highest BCUT2D eigenvalue weighted by atomic mass is 32.2. The summed E-state index contributed by atoms with van der Waals surface area (Å²) in [5, 5.41) is 0. The van der Waals surface area contributed by atoms with E-state index in [-0.39, 0.29) is 31.8 Å². The fraction of sp³-hybridized carbons (Fsp3) is 0.400. The van der Waals surface area contributed by atoms with E-state index in [1.165, 1.54) is 31.4 Å². The molecule has 0 nitrogen and oxygen atoms in total. The van der Waals surface area contributed by atoms with Crippen LogP contribution in [0.25, 0.3) is 0 Å². The Balaban J connectivity index is 0.00000363. The molecule has 0 aliphatic carbocycles. The fourth-order valence-corrected chi connectivity index (χ4v) is 5.72. The molecule has 0 atom stereocenters. The Kier molecular flexibility index (Phi) is 7.72. The van der Waals surface area contributed by atoms with Crippen molar-refractivity contribution in [2.45, 2.75) is 93.2 Å². The van der Waals surface area contributed by atoms with E-state index in [2.05, 4.69) is 135 Å². The molecule has 32 heavy (non-hydrogen) atoms. The molecule has 3 aromatic carbocycles. The van der Waals surface area contributed by atoms with E-state index in [0.717, 1.165) is 0 Å². The van der Waals surface area contributed by atoms with Crippen LogP contribution >= 0.6 is 0 Å². The van der Waals surface area contributed by atoms with Gasteiger partial charge >= 0.3 is 0 Å². The molecule has 0 spiro atoms. The first-order valence-electron chi connectivity index (χ1n) is 11.3. The molecule has 0 heterocycles. The lowest BCUT2D eigenvalue weighted by Crippen LogP contribution is -3.00. The van der Waals surface area contributed by atoms with Crippen molar-refractivity contribution in [1.29, 1.82) is 0 Å². The van der Waals surface area contributed by atoms with Crippen LogP contribution in [0.2, 0.25) is 0 Å². The summed E-state index contributed by atoms with van der Waals surface area (Å²) in [6, 6.07) is 27.8. The summed E-state index contributed by atoms with van der Waals surface area (Å²) in [6.45, 7) is 20.5. The zero-order chi connectivity index (χ0) is 23.0. The molecule has 0 radical (unpaired) electrons. The van der Waals surface area contributed by atoms with E-state index >= 15 is 0 Å². The highest BCUT2D eigenvalue weighted by molar-refractivity contribution is 7.97. The van der Waals surface area contributed by atoms with E-state index in [9.17, 15) is 0 Å². The Morgan fingerprint density at radius 2 is 0.562 bits per heavy atom. The van der Waals surface area contributed by atoms with Gasteiger partial charge in [-0.3, -0.25) is 0 Å². The minimum Gasteiger partial charge on any atom is -1.00 e. The van der Waals surface area contributed by atoms with Crippen LogP contribution in [0.3, 0.4) is 0 Å². The lowest BCUT2D eigenvalue weighted by Gasteiger charge is -2.21. The summed E-state index contributed by atoms with van der Waals surface area (Å²) in [6.07, 6.45) is 0. The minimum absolute atomic E-state index is 0. The lowest BCUT2D eigenvalue weighted by molar-refractivity contribution is -0.00000767. The van der Waals surface area contributed by atoms with Gasteiger partial charge in [0, 0.05) is 0 Å². The summed E-state index contributed by atoms with van der Waals surface area (Å²) >= 11 is 0. The molecule has 0 saturated carbocycles. The molecule has 0 N–H and O–H groups in total. The van der Waals surface area contributed by atoms with E-state index in [4.69, 9.17) is 0 Å². The second-order valence-corrected chi connectivity index (χ2v) is 13.7. The topological polar surface area (TPSA) is 0 Å². The van der Waals surface area contributed by atoms with E-state index in [1.54, 1.807) is 0 Å². The van der Waals surface area contributed by atoms with Gasteiger partial charge < -0.3 is 4.70 Å². The van der Waals surface area contributed by atoms with E-state index in [1.807, 2.05) is 0 Å². The molecular weight excluding hydrogens is 411 g/mol. The van der Waals surface area contributed by atoms with E-state index in [0.29, 0.717) is 0 Å². The Bertz CT molecular complexity index is 857. The van der Waals surface area contributed by atoms with Crippen LogP contribution in [0.15, 0.2) is 87.5 Å². The van der Waals surface area contributed by atoms with Gasteiger partial charge in [-0.25, -0.2) is 0 Å². The van der Waals surface area contributed by atoms with Gasteiger partial charge in [0.05, 0.1) is 10.9 Å². The van der Waals surface area contributed by atoms with Crippen molar-refractivity contribution in [3.05, 3.63) is 89.5 Å². The third-order valence-electron chi connectivity index (χ3n) is 5.87. The van der Waals surface area contributed by atoms with Crippen molar-refractivity contribution in [2.75, 3.05) is 0 Å². The third-order valence-corrected chi connectivity index (χ3v) is 8.10. The summed E-state index contributed by atoms with van der Waals surface area (Å²) in [4.78, 5) is 4.13. The van der Waals surface area contributed by atoms with Gasteiger partial charge in [0.1, 0.15) is 0 Å². The zero-order valence-corrected chi connectivity index (χ0v) is 22.0. The molecule has 0 aliphatic heterocycles. The average molecular weight is 451 g/mol. The minimum atomic E-state index is -0.120. The van der Waals surface area contributed by atoms with Gasteiger partial charge in [-0.2, -0.15) is 0 Å². The van der Waals surface area contributed by atoms with Crippen molar-refractivity contribution < 1.29 is 4.70 Å². The predicted molar refractivity (Wildman–Crippen MR) is 138 cm³/mol. The first-order chi connectivity index (χ1) is 14.3. The Morgan fingerprint density at radius 3 is 0.719 bits per heavy atom. The quantitative estimate of drug-likeness (QED) is 0.451. The standard InChI is InChI=1S/C30H39S.FH/c1-28(2,3)22-10-16-25(17-11-22)31(26-18-12-23(13-19-26)29(4,5)6)27-20-14-24(15-21-27)30(7,8)9;/h10-21H,1-9H3;1H/q+1;/p-1. The molecule has 0 unspecified atom stereocenters. The monoisotopic (exact) mass is 450 g/mol. The van der Waals surface area contributed by atoms with E-state index < -0.39 is 0 Å². The SMILES string of the molecule is CC(C)(C)c1ccc([S+](c2ccc(C(C)(C)C)cc2)c2ccc(C(C)(C)C)cc2)cc1.[F-]. The molecular formula is C30H39FS. The Hall–Kier alpha value is -2.06. The molecule has 0 aromatic heterocycles. The lowest BCUT2D eigenvalue weighted by atomic mass is 9.87. The summed E-state index contributed by atoms with van der Waals surface area (Å²) in [5.41, 5.74) is 4.64. The van der Waals surface area contributed by atoms with Crippen LogP contribution in [0.1, 0.15) is 79.0 Å². The largest absolute Gasteiger partial charge is 1.00 e. The van der Waals surface area contributed by atoms with Crippen LogP contribution in [-0.4, -0.2) is 0 Å². The molecule has 0 saturated heterocycles. The molecule has 3 rings (SSSR count). The first-order valence-corrected chi connectivity index (χ1v) is 12.6. The molecule has 172 valence electrons. The van der Waals surface area contributed by atoms with Crippen molar-refractivity contribution >= 4 is 10.9 Å². The summed E-state index contributed by atoms with van der Waals surface area (Å²) < 4.78 is 0. The van der Waals surface area contributed by atoms with Gasteiger partial charge in [0.15, 0.2) is 14.7 Å². The smallest absolute Gasteiger partial charge is 0.166 e. The van der Waals surface area contributed by atoms with Crippen molar-refractivity contribution in [3.63, 3.8) is 0 Å². The maximum absolute atomic E-state index is 2.33. The predicted octanol–water partition coefficient (Wildman–Crippen LogP) is 5.68. The number of hydrogen-bond donors (Lipinski definition) is 0. The van der Waals surface area contributed by atoms with Gasteiger partial charge in [-0.15, -0.1) is 0 Å². The average Bonchev–Trinajstić information content (AvgIpc) is 2.67. The maximum Gasteiger partial charge on any atom is 0.166 e. The van der Waals surface area contributed by atoms with Crippen molar-refractivity contribution in [2.24, 2.45) is 0 Å². The third kappa shape index (κ3) is 6.04. The van der Waals surface area contributed by atoms with Gasteiger partial charge in [0.25, 0.3) is 0 Å². The maximum atomic E-state index is 2.33. The summed E-state index contributed by atoms with van der Waals surface area (Å²) in [5.74, 6) is 0.